The number of nitrogens with zero attached hydrogens (tertiary/aromatic N) is 1. The number of hydrogen-bond acceptors (Lipinski definition) is 2. The number of benzene rings is 2. The van der Waals surface area contributed by atoms with Crippen LogP contribution in [-0.4, -0.2) is 13.1 Å². The molecule has 2 nitrogen and oxygen atoms in total. The van der Waals surface area contributed by atoms with Gasteiger partial charge >= 0.3 is 0 Å². The molecule has 1 heterocycles. The Hall–Kier alpha value is -1.96. The van der Waals surface area contributed by atoms with E-state index in [0.717, 1.165) is 19.5 Å². The van der Waals surface area contributed by atoms with Crippen molar-refractivity contribution < 1.29 is 0 Å². The largest absolute Gasteiger partial charge is 0.383 e. The Morgan fingerprint density at radius 3 is 2.60 bits per heavy atom. The summed E-state index contributed by atoms with van der Waals surface area (Å²) < 4.78 is 0. The molecule has 0 aromatic heterocycles. The quantitative estimate of drug-likeness (QED) is 0.855. The van der Waals surface area contributed by atoms with Crippen molar-refractivity contribution in [1.82, 2.24) is 0 Å². The first-order valence-corrected chi connectivity index (χ1v) is 7.58. The van der Waals surface area contributed by atoms with Gasteiger partial charge in [0.15, 0.2) is 0 Å². The Morgan fingerprint density at radius 1 is 1.00 bits per heavy atom. The van der Waals surface area contributed by atoms with Crippen LogP contribution in [0.2, 0.25) is 0 Å². The fourth-order valence-corrected chi connectivity index (χ4v) is 2.78. The van der Waals surface area contributed by atoms with Gasteiger partial charge in [-0.1, -0.05) is 31.2 Å². The second-order valence-corrected chi connectivity index (χ2v) is 5.32. The Kier molecular flexibility index (Phi) is 3.91. The fraction of sp³-hybridized carbons (Fsp3) is 0.333. The lowest BCUT2D eigenvalue weighted by atomic mass is 10.1. The third-order valence-corrected chi connectivity index (χ3v) is 3.98. The zero-order valence-electron chi connectivity index (χ0n) is 12.1. The van der Waals surface area contributed by atoms with Crippen molar-refractivity contribution in [1.29, 1.82) is 0 Å². The van der Waals surface area contributed by atoms with E-state index in [1.165, 1.54) is 35.5 Å². The standard InChI is InChI=1S/C18H22N2/c1-2-15-9-11-16(12-10-15)20-14-6-5-13-19-17-7-3-4-8-18(17)20/h3-4,7-12,19H,2,5-6,13-14H2,1H3. The molecule has 3 rings (SSSR count). The zero-order chi connectivity index (χ0) is 13.8. The lowest BCUT2D eigenvalue weighted by Gasteiger charge is -2.29. The highest BCUT2D eigenvalue weighted by Gasteiger charge is 2.14. The molecule has 0 atom stereocenters. The summed E-state index contributed by atoms with van der Waals surface area (Å²) in [4.78, 5) is 2.43. The van der Waals surface area contributed by atoms with Crippen LogP contribution in [0.15, 0.2) is 48.5 Å². The molecule has 0 amide bonds. The smallest absolute Gasteiger partial charge is 0.0646 e. The highest BCUT2D eigenvalue weighted by atomic mass is 15.2. The minimum atomic E-state index is 1.07. The van der Waals surface area contributed by atoms with Gasteiger partial charge in [-0.25, -0.2) is 0 Å². The predicted molar refractivity (Wildman–Crippen MR) is 87.0 cm³/mol. The molecule has 0 radical (unpaired) electrons. The van der Waals surface area contributed by atoms with E-state index in [0.29, 0.717) is 0 Å². The lowest BCUT2D eigenvalue weighted by molar-refractivity contribution is 0.747. The van der Waals surface area contributed by atoms with Crippen LogP contribution in [0.5, 0.6) is 0 Å². The molecule has 0 saturated heterocycles. The van der Waals surface area contributed by atoms with Crippen LogP contribution < -0.4 is 10.2 Å². The van der Waals surface area contributed by atoms with Crippen molar-refractivity contribution in [3.63, 3.8) is 0 Å². The summed E-state index contributed by atoms with van der Waals surface area (Å²) in [5.74, 6) is 0. The van der Waals surface area contributed by atoms with E-state index in [2.05, 4.69) is 65.7 Å². The van der Waals surface area contributed by atoms with E-state index in [1.54, 1.807) is 0 Å². The van der Waals surface area contributed by atoms with Crippen molar-refractivity contribution in [3.05, 3.63) is 54.1 Å². The highest BCUT2D eigenvalue weighted by molar-refractivity contribution is 5.76. The zero-order valence-corrected chi connectivity index (χ0v) is 12.1. The number of aryl methyl sites for hydroxylation is 1. The molecule has 2 heteroatoms. The van der Waals surface area contributed by atoms with Gasteiger partial charge < -0.3 is 10.2 Å². The van der Waals surface area contributed by atoms with Crippen molar-refractivity contribution >= 4 is 17.1 Å². The third kappa shape index (κ3) is 2.64. The van der Waals surface area contributed by atoms with Crippen LogP contribution in [0, 0.1) is 0 Å². The minimum absolute atomic E-state index is 1.07. The van der Waals surface area contributed by atoms with E-state index >= 15 is 0 Å². The van der Waals surface area contributed by atoms with Gasteiger partial charge in [0.05, 0.1) is 11.4 Å². The van der Waals surface area contributed by atoms with Gasteiger partial charge in [0, 0.05) is 18.8 Å². The molecule has 0 fully saturated rings. The van der Waals surface area contributed by atoms with Crippen LogP contribution >= 0.6 is 0 Å². The first kappa shape index (κ1) is 13.0. The van der Waals surface area contributed by atoms with Gasteiger partial charge in [0.2, 0.25) is 0 Å². The molecule has 20 heavy (non-hydrogen) atoms. The number of fused-ring (bicyclic) bond motifs is 1. The maximum atomic E-state index is 3.55. The van der Waals surface area contributed by atoms with Crippen molar-refractivity contribution in [2.75, 3.05) is 23.3 Å². The van der Waals surface area contributed by atoms with Crippen molar-refractivity contribution in [2.24, 2.45) is 0 Å². The minimum Gasteiger partial charge on any atom is -0.383 e. The summed E-state index contributed by atoms with van der Waals surface area (Å²) in [7, 11) is 0. The topological polar surface area (TPSA) is 15.3 Å². The van der Waals surface area contributed by atoms with Gasteiger partial charge in [-0.3, -0.25) is 0 Å². The summed E-state index contributed by atoms with van der Waals surface area (Å²) >= 11 is 0. The summed E-state index contributed by atoms with van der Waals surface area (Å²) in [6.07, 6.45) is 3.53. The summed E-state index contributed by atoms with van der Waals surface area (Å²) in [6.45, 7) is 4.36. The Bertz CT molecular complexity index is 560. The molecule has 1 aliphatic heterocycles. The molecule has 1 aliphatic rings. The van der Waals surface area contributed by atoms with Crippen LogP contribution in [0.4, 0.5) is 17.1 Å². The second kappa shape index (κ2) is 6.00. The molecule has 2 aromatic carbocycles. The van der Waals surface area contributed by atoms with E-state index in [-0.39, 0.29) is 0 Å². The summed E-state index contributed by atoms with van der Waals surface area (Å²) in [6, 6.07) is 17.6. The van der Waals surface area contributed by atoms with Gasteiger partial charge in [-0.05, 0) is 49.1 Å². The summed E-state index contributed by atoms with van der Waals surface area (Å²) in [5, 5.41) is 3.55. The molecule has 0 aliphatic carbocycles. The average Bonchev–Trinajstić information content (AvgIpc) is 2.49. The van der Waals surface area contributed by atoms with E-state index in [4.69, 9.17) is 0 Å². The number of anilines is 3. The fourth-order valence-electron chi connectivity index (χ4n) is 2.78. The van der Waals surface area contributed by atoms with Crippen LogP contribution in [-0.2, 0) is 6.42 Å². The molecular weight excluding hydrogens is 244 g/mol. The highest BCUT2D eigenvalue weighted by Crippen LogP contribution is 2.33. The number of hydrogen-bond donors (Lipinski definition) is 1. The maximum absolute atomic E-state index is 3.55. The Balaban J connectivity index is 1.98. The van der Waals surface area contributed by atoms with Crippen LogP contribution in [0.25, 0.3) is 0 Å². The third-order valence-electron chi connectivity index (χ3n) is 3.98. The normalized spacial score (nSPS) is 14.9. The molecule has 2 aromatic rings. The number of rotatable bonds is 2. The van der Waals surface area contributed by atoms with Crippen molar-refractivity contribution in [3.8, 4) is 0 Å². The van der Waals surface area contributed by atoms with Gasteiger partial charge in [-0.2, -0.15) is 0 Å². The van der Waals surface area contributed by atoms with E-state index in [1.807, 2.05) is 0 Å². The Morgan fingerprint density at radius 2 is 1.80 bits per heavy atom. The number of para-hydroxylation sites is 2. The first-order valence-electron chi connectivity index (χ1n) is 7.58. The van der Waals surface area contributed by atoms with Gasteiger partial charge in [-0.15, -0.1) is 0 Å². The van der Waals surface area contributed by atoms with Crippen LogP contribution in [0.1, 0.15) is 25.3 Å². The van der Waals surface area contributed by atoms with E-state index < -0.39 is 0 Å². The van der Waals surface area contributed by atoms with Crippen molar-refractivity contribution in [2.45, 2.75) is 26.2 Å². The monoisotopic (exact) mass is 266 g/mol. The molecular formula is C18H22N2. The molecule has 1 N–H and O–H groups in total. The SMILES string of the molecule is CCc1ccc(N2CCCCNc3ccccc32)cc1. The first-order chi connectivity index (χ1) is 9.88. The van der Waals surface area contributed by atoms with E-state index in [9.17, 15) is 0 Å². The summed E-state index contributed by atoms with van der Waals surface area (Å²) in [5.41, 5.74) is 5.22. The molecule has 0 bridgehead atoms. The maximum Gasteiger partial charge on any atom is 0.0646 e. The number of nitrogens with one attached hydrogen (secondary N) is 1. The van der Waals surface area contributed by atoms with Crippen LogP contribution in [0.3, 0.4) is 0 Å². The molecule has 0 saturated carbocycles. The second-order valence-electron chi connectivity index (χ2n) is 5.32. The predicted octanol–water partition coefficient (Wildman–Crippen LogP) is 4.59. The van der Waals surface area contributed by atoms with Gasteiger partial charge in [0.25, 0.3) is 0 Å². The molecule has 0 unspecified atom stereocenters. The molecule has 0 spiro atoms. The lowest BCUT2D eigenvalue weighted by Crippen LogP contribution is -2.23. The van der Waals surface area contributed by atoms with Gasteiger partial charge in [0.1, 0.15) is 0 Å². The molecule has 104 valence electrons. The average molecular weight is 266 g/mol. The Labute approximate surface area is 121 Å².